The third-order valence-corrected chi connectivity index (χ3v) is 1.66. The molecule has 0 atom stereocenters. The van der Waals surface area contributed by atoms with Crippen molar-refractivity contribution in [2.75, 3.05) is 0 Å². The van der Waals surface area contributed by atoms with Crippen LogP contribution in [0.3, 0.4) is 0 Å². The van der Waals surface area contributed by atoms with E-state index in [1.54, 1.807) is 0 Å². The lowest BCUT2D eigenvalue weighted by Crippen LogP contribution is -2.24. The minimum atomic E-state index is -4.84. The Morgan fingerprint density at radius 3 is 2.36 bits per heavy atom. The number of hydrogen-bond donors (Lipinski definition) is 1. The van der Waals surface area contributed by atoms with Crippen LogP contribution in [-0.2, 0) is 11.2 Å². The molecule has 1 aromatic carbocycles. The van der Waals surface area contributed by atoms with Crippen LogP contribution in [0.4, 0.5) is 13.2 Å². The molecular weight excluding hydrogens is 197 g/mol. The Hall–Kier alpha value is -1.52. The van der Waals surface area contributed by atoms with Gasteiger partial charge in [0, 0.05) is 12.0 Å². The zero-order chi connectivity index (χ0) is 10.8. The first-order valence-electron chi connectivity index (χ1n) is 3.78. The third-order valence-electron chi connectivity index (χ3n) is 1.66. The smallest absolute Gasteiger partial charge is 0.450 e. The van der Waals surface area contributed by atoms with Gasteiger partial charge in [-0.2, -0.15) is 13.2 Å². The average Bonchev–Trinajstić information content (AvgIpc) is 2.07. The Labute approximate surface area is 78.0 Å². The summed E-state index contributed by atoms with van der Waals surface area (Å²) in [5.74, 6) is -2.16. The van der Waals surface area contributed by atoms with E-state index in [2.05, 4.69) is 0 Å². The van der Waals surface area contributed by atoms with Gasteiger partial charge in [0.25, 0.3) is 0 Å². The number of hydrogen-bond acceptors (Lipinski definition) is 2. The fourth-order valence-electron chi connectivity index (χ4n) is 0.934. The highest BCUT2D eigenvalue weighted by Gasteiger charge is 2.38. The summed E-state index contributed by atoms with van der Waals surface area (Å²) >= 11 is 0. The summed E-state index contributed by atoms with van der Waals surface area (Å²) in [6.07, 6.45) is -5.67. The highest BCUT2D eigenvalue weighted by molar-refractivity contribution is 5.86. The number of carbonyl (C=O) groups excluding carboxylic acids is 1. The number of rotatable bonds is 2. The van der Waals surface area contributed by atoms with E-state index in [0.29, 0.717) is 0 Å². The molecule has 1 aromatic rings. The number of phenolic OH excluding ortho intramolecular Hbond substituents is 1. The van der Waals surface area contributed by atoms with Crippen molar-refractivity contribution >= 4 is 5.78 Å². The molecule has 76 valence electrons. The largest absolute Gasteiger partial charge is 0.508 e. The zero-order valence-electron chi connectivity index (χ0n) is 7.01. The number of carbonyl (C=O) groups is 1. The van der Waals surface area contributed by atoms with Crippen LogP contribution in [0.25, 0.3) is 0 Å². The maximum Gasteiger partial charge on any atom is 0.450 e. The number of aromatic hydroxyl groups is 1. The van der Waals surface area contributed by atoms with Crippen LogP contribution in [0.15, 0.2) is 24.3 Å². The molecule has 0 unspecified atom stereocenters. The topological polar surface area (TPSA) is 37.3 Å². The van der Waals surface area contributed by atoms with Gasteiger partial charge in [0.2, 0.25) is 5.78 Å². The van der Waals surface area contributed by atoms with Crippen LogP contribution in [0.1, 0.15) is 5.56 Å². The predicted molar refractivity (Wildman–Crippen MR) is 42.9 cm³/mol. The molecule has 2 nitrogen and oxygen atoms in total. The summed E-state index contributed by atoms with van der Waals surface area (Å²) < 4.78 is 35.5. The molecular formula is C9H7F3O2. The first-order chi connectivity index (χ1) is 6.41. The molecule has 0 spiro atoms. The molecule has 0 bridgehead atoms. The monoisotopic (exact) mass is 204 g/mol. The van der Waals surface area contributed by atoms with Gasteiger partial charge in [-0.1, -0.05) is 18.2 Å². The van der Waals surface area contributed by atoms with Gasteiger partial charge in [-0.3, -0.25) is 4.79 Å². The van der Waals surface area contributed by atoms with E-state index in [0.717, 1.165) is 0 Å². The van der Waals surface area contributed by atoms with Gasteiger partial charge in [-0.15, -0.1) is 0 Å². The van der Waals surface area contributed by atoms with Crippen molar-refractivity contribution in [3.8, 4) is 5.75 Å². The molecule has 0 aliphatic heterocycles. The lowest BCUT2D eigenvalue weighted by atomic mass is 10.1. The Morgan fingerprint density at radius 1 is 1.29 bits per heavy atom. The lowest BCUT2D eigenvalue weighted by molar-refractivity contribution is -0.170. The molecule has 5 heteroatoms. The standard InChI is InChI=1S/C9H7F3O2/c10-9(11,12)8(14)5-6-3-1-2-4-7(6)13/h1-4,13H,5H2. The van der Waals surface area contributed by atoms with Crippen LogP contribution >= 0.6 is 0 Å². The van der Waals surface area contributed by atoms with Crippen molar-refractivity contribution in [2.24, 2.45) is 0 Å². The molecule has 0 amide bonds. The number of Topliss-reactive ketones (excluding diaryl/α,β-unsaturated/α-hetero) is 1. The molecule has 0 radical (unpaired) electrons. The second kappa shape index (κ2) is 3.69. The van der Waals surface area contributed by atoms with Crippen molar-refractivity contribution in [2.45, 2.75) is 12.6 Å². The molecule has 0 aliphatic rings. The molecule has 0 heterocycles. The van der Waals surface area contributed by atoms with Crippen molar-refractivity contribution in [3.63, 3.8) is 0 Å². The minimum Gasteiger partial charge on any atom is -0.508 e. The minimum absolute atomic E-state index is 0.0187. The van der Waals surface area contributed by atoms with Crippen molar-refractivity contribution < 1.29 is 23.1 Å². The highest BCUT2D eigenvalue weighted by atomic mass is 19.4. The summed E-state index contributed by atoms with van der Waals surface area (Å²) in [7, 11) is 0. The molecule has 1 rings (SSSR count). The van der Waals surface area contributed by atoms with Crippen LogP contribution in [0.2, 0.25) is 0 Å². The van der Waals surface area contributed by atoms with Gasteiger partial charge in [0.05, 0.1) is 0 Å². The van der Waals surface area contributed by atoms with Crippen LogP contribution in [0.5, 0.6) is 5.75 Å². The van der Waals surface area contributed by atoms with E-state index in [4.69, 9.17) is 5.11 Å². The molecule has 0 fully saturated rings. The van der Waals surface area contributed by atoms with E-state index in [1.165, 1.54) is 24.3 Å². The summed E-state index contributed by atoms with van der Waals surface area (Å²) in [6, 6.07) is 5.44. The normalized spacial score (nSPS) is 11.4. The summed E-state index contributed by atoms with van der Waals surface area (Å²) in [5, 5.41) is 9.11. The Kier molecular flexibility index (Phi) is 2.78. The Bertz CT molecular complexity index is 344. The Balaban J connectivity index is 2.80. The number of ketones is 1. The van der Waals surface area contributed by atoms with Crippen LogP contribution in [-0.4, -0.2) is 17.1 Å². The molecule has 0 saturated carbocycles. The number of phenols is 1. The summed E-state index contributed by atoms with van der Waals surface area (Å²) in [4.78, 5) is 10.6. The maximum absolute atomic E-state index is 11.8. The van der Waals surface area contributed by atoms with E-state index in [9.17, 15) is 18.0 Å². The van der Waals surface area contributed by atoms with Gasteiger partial charge in [-0.05, 0) is 6.07 Å². The third kappa shape index (κ3) is 2.48. The lowest BCUT2D eigenvalue weighted by Gasteiger charge is -2.05. The van der Waals surface area contributed by atoms with Crippen molar-refractivity contribution in [3.05, 3.63) is 29.8 Å². The number of para-hydroxylation sites is 1. The highest BCUT2D eigenvalue weighted by Crippen LogP contribution is 2.22. The van der Waals surface area contributed by atoms with Gasteiger partial charge < -0.3 is 5.11 Å². The van der Waals surface area contributed by atoms with E-state index >= 15 is 0 Å². The summed E-state index contributed by atoms with van der Waals surface area (Å²) in [5.41, 5.74) is -0.0187. The SMILES string of the molecule is O=C(Cc1ccccc1O)C(F)(F)F. The fourth-order valence-corrected chi connectivity index (χ4v) is 0.934. The molecule has 14 heavy (non-hydrogen) atoms. The van der Waals surface area contributed by atoms with Crippen molar-refractivity contribution in [1.82, 2.24) is 0 Å². The van der Waals surface area contributed by atoms with Gasteiger partial charge in [0.15, 0.2) is 0 Å². The average molecular weight is 204 g/mol. The van der Waals surface area contributed by atoms with Gasteiger partial charge in [-0.25, -0.2) is 0 Å². The summed E-state index contributed by atoms with van der Waals surface area (Å²) in [6.45, 7) is 0. The van der Waals surface area contributed by atoms with E-state index < -0.39 is 18.4 Å². The predicted octanol–water partition coefficient (Wildman–Crippen LogP) is 2.07. The van der Waals surface area contributed by atoms with Crippen LogP contribution in [0, 0.1) is 0 Å². The first kappa shape index (κ1) is 10.6. The quantitative estimate of drug-likeness (QED) is 0.800. The van der Waals surface area contributed by atoms with E-state index in [1.807, 2.05) is 0 Å². The van der Waals surface area contributed by atoms with Crippen molar-refractivity contribution in [1.29, 1.82) is 0 Å². The van der Waals surface area contributed by atoms with Crippen LogP contribution < -0.4 is 0 Å². The zero-order valence-corrected chi connectivity index (χ0v) is 7.01. The fraction of sp³-hybridized carbons (Fsp3) is 0.222. The Morgan fingerprint density at radius 2 is 1.86 bits per heavy atom. The number of alkyl halides is 3. The van der Waals surface area contributed by atoms with Gasteiger partial charge >= 0.3 is 6.18 Å². The van der Waals surface area contributed by atoms with E-state index in [-0.39, 0.29) is 11.3 Å². The molecule has 0 saturated heterocycles. The molecule has 0 aliphatic carbocycles. The molecule has 0 aromatic heterocycles. The second-order valence-electron chi connectivity index (χ2n) is 2.73. The number of benzene rings is 1. The maximum atomic E-state index is 11.8. The number of halogens is 3. The first-order valence-corrected chi connectivity index (χ1v) is 3.78. The van der Waals surface area contributed by atoms with Gasteiger partial charge in [0.1, 0.15) is 5.75 Å². The molecule has 1 N–H and O–H groups in total. The second-order valence-corrected chi connectivity index (χ2v) is 2.73.